The smallest absolute Gasteiger partial charge is 0.418 e. The van der Waals surface area contributed by atoms with E-state index >= 15 is 0 Å². The number of carbonyl (C=O) groups is 2. The van der Waals surface area contributed by atoms with Crippen LogP contribution in [0.2, 0.25) is 0 Å². The normalized spacial score (nSPS) is 18.7. The van der Waals surface area contributed by atoms with Crippen molar-refractivity contribution < 1.29 is 45.5 Å². The fourth-order valence-electron chi connectivity index (χ4n) is 5.32. The standard InChI is InChI=1S/C29H37FN8O8S2/c1-29(2)23(27(40)38(29)46-48(41,42)43)9-25(39)26(24-17-47-28(32)34-24)35-45-8-7-44-22-5-3-19(4-6-22)20-14-36(13-18-11-33-12-18)37(15-20)16-21(30)10-31/h3-6,14-15,17-18,21,23,33H,7-13,16,31H2,1-2H3,(H2-,32,34,41,42,43)/p+1/b35-26-/t21?,23-/m1/s1. The van der Waals surface area contributed by atoms with Gasteiger partial charge in [-0.05, 0) is 31.5 Å². The number of halogens is 1. The molecule has 2 aromatic heterocycles. The summed E-state index contributed by atoms with van der Waals surface area (Å²) < 4.78 is 59.3. The molecule has 2 saturated heterocycles. The molecule has 19 heteroatoms. The largest absolute Gasteiger partial charge is 0.490 e. The molecule has 0 radical (unpaired) electrons. The highest BCUT2D eigenvalue weighted by Gasteiger charge is 2.57. The number of amides is 1. The summed E-state index contributed by atoms with van der Waals surface area (Å²) in [4.78, 5) is 35.3. The van der Waals surface area contributed by atoms with Gasteiger partial charge in [0.15, 0.2) is 29.4 Å². The van der Waals surface area contributed by atoms with Crippen molar-refractivity contribution >= 4 is 44.3 Å². The number of ketones is 1. The molecule has 1 aromatic carbocycles. The van der Waals surface area contributed by atoms with E-state index in [0.717, 1.165) is 42.1 Å². The van der Waals surface area contributed by atoms with Gasteiger partial charge in [0.1, 0.15) is 18.1 Å². The summed E-state index contributed by atoms with van der Waals surface area (Å²) in [7, 11) is -4.93. The molecule has 1 amide bonds. The maximum absolute atomic E-state index is 14.1. The van der Waals surface area contributed by atoms with E-state index in [1.54, 1.807) is 12.1 Å². The molecule has 4 heterocycles. The Kier molecular flexibility index (Phi) is 10.8. The van der Waals surface area contributed by atoms with Crippen LogP contribution in [0, 0.1) is 11.8 Å². The Bertz CT molecular complexity index is 1730. The van der Waals surface area contributed by atoms with Crippen LogP contribution in [0.15, 0.2) is 47.2 Å². The molecule has 2 aliphatic heterocycles. The summed E-state index contributed by atoms with van der Waals surface area (Å²) in [5, 5.41) is 9.43. The van der Waals surface area contributed by atoms with Gasteiger partial charge in [-0.2, -0.15) is 18.2 Å². The van der Waals surface area contributed by atoms with Crippen LogP contribution >= 0.6 is 11.3 Å². The minimum atomic E-state index is -4.93. The number of ether oxygens (including phenoxy) is 1. The molecular formula is C29H38FN8O8S2+. The molecule has 0 aliphatic carbocycles. The number of Topliss-reactive ketones (excluding diaryl/α,β-unsaturated/α-hetero) is 1. The number of nitrogens with two attached hydrogens (primary N) is 2. The number of aromatic nitrogens is 3. The number of nitrogens with zero attached hydrogens (tertiary/aromatic N) is 5. The van der Waals surface area contributed by atoms with E-state index in [2.05, 4.69) is 19.7 Å². The van der Waals surface area contributed by atoms with Gasteiger partial charge in [-0.3, -0.25) is 14.1 Å². The van der Waals surface area contributed by atoms with E-state index in [9.17, 15) is 22.4 Å². The first-order valence-electron chi connectivity index (χ1n) is 15.1. The topological polar surface area (TPSA) is 218 Å². The second-order valence-corrected chi connectivity index (χ2v) is 13.9. The van der Waals surface area contributed by atoms with Crippen LogP contribution in [-0.4, -0.2) is 89.7 Å². The lowest BCUT2D eigenvalue weighted by molar-refractivity contribution is -0.779. The summed E-state index contributed by atoms with van der Waals surface area (Å²) in [6.07, 6.45) is 2.41. The summed E-state index contributed by atoms with van der Waals surface area (Å²) in [6, 6.07) is 7.39. The number of hydrogen-bond donors (Lipinski definition) is 4. The van der Waals surface area contributed by atoms with E-state index in [1.165, 1.54) is 19.2 Å². The summed E-state index contributed by atoms with van der Waals surface area (Å²) in [5.41, 5.74) is 11.9. The number of alkyl halides is 1. The first kappa shape index (κ1) is 35.3. The highest BCUT2D eigenvalue weighted by molar-refractivity contribution is 7.80. The minimum absolute atomic E-state index is 0.0353. The SMILES string of the molecule is CC1(C)[C@H](CC(=O)/C(=N\OCCOc2ccc(-c3cn(CC4CNC4)[n+](CC(F)CN)c3)cc2)c2csc(N)n2)C(=O)N1OS(=O)(=O)O. The quantitative estimate of drug-likeness (QED) is 0.0381. The minimum Gasteiger partial charge on any atom is -0.490 e. The molecule has 2 atom stereocenters. The highest BCUT2D eigenvalue weighted by Crippen LogP contribution is 2.40. The van der Waals surface area contributed by atoms with E-state index in [0.29, 0.717) is 16.7 Å². The van der Waals surface area contributed by atoms with E-state index in [4.69, 9.17) is 25.6 Å². The van der Waals surface area contributed by atoms with Gasteiger partial charge in [0, 0.05) is 37.4 Å². The summed E-state index contributed by atoms with van der Waals surface area (Å²) in [6.45, 7) is 5.78. The Morgan fingerprint density at radius 2 is 2.00 bits per heavy atom. The van der Waals surface area contributed by atoms with Gasteiger partial charge in [-0.25, -0.2) is 9.37 Å². The molecular weight excluding hydrogens is 671 g/mol. The van der Waals surface area contributed by atoms with Crippen LogP contribution < -0.4 is 26.2 Å². The summed E-state index contributed by atoms with van der Waals surface area (Å²) in [5.74, 6) is -1.30. The van der Waals surface area contributed by atoms with Gasteiger partial charge >= 0.3 is 10.4 Å². The number of carbonyl (C=O) groups excluding carboxylic acids is 2. The van der Waals surface area contributed by atoms with Gasteiger partial charge in [0.25, 0.3) is 5.91 Å². The number of β-lactam (4-membered cyclic amide) rings is 1. The second-order valence-electron chi connectivity index (χ2n) is 12.0. The van der Waals surface area contributed by atoms with Crippen molar-refractivity contribution in [1.82, 2.24) is 20.0 Å². The zero-order valence-electron chi connectivity index (χ0n) is 26.3. The number of oxime groups is 1. The molecule has 48 heavy (non-hydrogen) atoms. The molecule has 2 aliphatic rings. The fourth-order valence-corrected chi connectivity index (χ4v) is 6.33. The monoisotopic (exact) mass is 709 g/mol. The number of nitrogen functional groups attached to an aromatic ring is 1. The average Bonchev–Trinajstić information content (AvgIpc) is 3.63. The predicted octanol–water partition coefficient (Wildman–Crippen LogP) is 0.728. The lowest BCUT2D eigenvalue weighted by Gasteiger charge is -2.50. The van der Waals surface area contributed by atoms with Crippen molar-refractivity contribution in [2.45, 2.75) is 45.1 Å². The maximum atomic E-state index is 14.1. The number of benzene rings is 1. The van der Waals surface area contributed by atoms with Crippen LogP contribution in [-0.2, 0) is 42.2 Å². The number of hydrogen-bond acceptors (Lipinski definition) is 13. The molecule has 0 bridgehead atoms. The Labute approximate surface area is 280 Å². The van der Waals surface area contributed by atoms with Crippen molar-refractivity contribution in [3.8, 4) is 16.9 Å². The van der Waals surface area contributed by atoms with Gasteiger partial charge in [0.05, 0.1) is 29.8 Å². The lowest BCUT2D eigenvalue weighted by Crippen LogP contribution is -2.68. The summed E-state index contributed by atoms with van der Waals surface area (Å²) >= 11 is 1.08. The zero-order valence-corrected chi connectivity index (χ0v) is 28.0. The Balaban J connectivity index is 1.17. The van der Waals surface area contributed by atoms with Gasteiger partial charge in [-0.15, -0.1) is 20.3 Å². The molecule has 0 saturated carbocycles. The first-order valence-corrected chi connectivity index (χ1v) is 17.3. The second kappa shape index (κ2) is 14.6. The molecule has 0 spiro atoms. The van der Waals surface area contributed by atoms with Gasteiger partial charge in [0.2, 0.25) is 12.7 Å². The Morgan fingerprint density at radius 1 is 1.27 bits per heavy atom. The molecule has 6 N–H and O–H groups in total. The van der Waals surface area contributed by atoms with Crippen LogP contribution in [0.5, 0.6) is 5.75 Å². The lowest BCUT2D eigenvalue weighted by atomic mass is 9.74. The molecule has 1 unspecified atom stereocenters. The number of thiazole rings is 1. The Hall–Kier alpha value is -4.01. The van der Waals surface area contributed by atoms with Gasteiger partial charge in [-0.1, -0.05) is 17.3 Å². The Morgan fingerprint density at radius 3 is 2.58 bits per heavy atom. The molecule has 2 fully saturated rings. The van der Waals surface area contributed by atoms with Crippen LogP contribution in [0.25, 0.3) is 11.1 Å². The maximum Gasteiger partial charge on any atom is 0.418 e. The van der Waals surface area contributed by atoms with E-state index < -0.39 is 39.7 Å². The number of rotatable bonds is 17. The van der Waals surface area contributed by atoms with E-state index in [-0.39, 0.29) is 49.3 Å². The van der Waals surface area contributed by atoms with Crippen molar-refractivity contribution in [1.29, 1.82) is 0 Å². The predicted molar refractivity (Wildman–Crippen MR) is 172 cm³/mol. The van der Waals surface area contributed by atoms with Crippen LogP contribution in [0.1, 0.15) is 26.0 Å². The van der Waals surface area contributed by atoms with Crippen LogP contribution in [0.4, 0.5) is 9.52 Å². The fraction of sp³-hybridized carbons (Fsp3) is 0.483. The third-order valence-electron chi connectivity index (χ3n) is 8.11. The first-order chi connectivity index (χ1) is 22.7. The highest BCUT2D eigenvalue weighted by atomic mass is 32.3. The molecule has 260 valence electrons. The molecule has 5 rings (SSSR count). The average molecular weight is 710 g/mol. The molecule has 3 aromatic rings. The zero-order chi connectivity index (χ0) is 34.6. The van der Waals surface area contributed by atoms with Crippen LogP contribution in [0.3, 0.4) is 0 Å². The number of nitrogens with one attached hydrogen (secondary N) is 1. The van der Waals surface area contributed by atoms with Gasteiger partial charge < -0.3 is 26.4 Å². The van der Waals surface area contributed by atoms with Crippen molar-refractivity contribution in [2.75, 3.05) is 38.6 Å². The van der Waals surface area contributed by atoms with E-state index in [1.807, 2.05) is 33.9 Å². The molecule has 16 nitrogen and oxygen atoms in total. The van der Waals surface area contributed by atoms with Crippen molar-refractivity contribution in [3.05, 3.63) is 47.7 Å². The van der Waals surface area contributed by atoms with Crippen molar-refractivity contribution in [3.63, 3.8) is 0 Å². The number of anilines is 1. The number of hydroxylamine groups is 2. The third kappa shape index (κ3) is 8.34. The van der Waals surface area contributed by atoms with Crippen molar-refractivity contribution in [2.24, 2.45) is 22.7 Å². The third-order valence-corrected chi connectivity index (χ3v) is 9.12.